The molecule has 0 heterocycles. The van der Waals surface area contributed by atoms with Crippen LogP contribution in [0.5, 0.6) is 11.5 Å². The minimum atomic E-state index is -0.813. The average Bonchev–Trinajstić information content (AvgIpc) is 2.87. The van der Waals surface area contributed by atoms with Crippen LogP contribution in [0.1, 0.15) is 22.8 Å². The Bertz CT molecular complexity index is 1120. The van der Waals surface area contributed by atoms with Gasteiger partial charge in [-0.25, -0.2) is 0 Å². The molecule has 0 aliphatic heterocycles. The molecule has 32 heavy (non-hydrogen) atoms. The molecule has 4 heteroatoms. The van der Waals surface area contributed by atoms with Crippen LogP contribution in [0.15, 0.2) is 103 Å². The van der Waals surface area contributed by atoms with E-state index in [4.69, 9.17) is 15.2 Å². The molecule has 0 radical (unpaired) electrons. The van der Waals surface area contributed by atoms with Gasteiger partial charge in [-0.15, -0.1) is 0 Å². The van der Waals surface area contributed by atoms with E-state index in [9.17, 15) is 5.11 Å². The fourth-order valence-electron chi connectivity index (χ4n) is 3.54. The van der Waals surface area contributed by atoms with Crippen LogP contribution in [-0.4, -0.2) is 11.7 Å². The van der Waals surface area contributed by atoms with Crippen molar-refractivity contribution < 1.29 is 14.6 Å². The molecule has 0 saturated carbocycles. The molecule has 0 bridgehead atoms. The van der Waals surface area contributed by atoms with Gasteiger partial charge in [-0.05, 0) is 39.9 Å². The maximum Gasteiger partial charge on any atom is 0.162 e. The molecule has 0 aliphatic carbocycles. The minimum Gasteiger partial charge on any atom is -0.485 e. The van der Waals surface area contributed by atoms with E-state index in [1.807, 2.05) is 103 Å². The van der Waals surface area contributed by atoms with Gasteiger partial charge in [0.25, 0.3) is 0 Å². The predicted molar refractivity (Wildman–Crippen MR) is 127 cm³/mol. The van der Waals surface area contributed by atoms with E-state index >= 15 is 0 Å². The molecule has 0 aromatic heterocycles. The van der Waals surface area contributed by atoms with Crippen molar-refractivity contribution in [1.29, 1.82) is 0 Å². The standard InChI is InChI=1S/C28H27NO3/c29-18-26(30)25-17-28(32-20-22-12-6-2-7-13-22)27(31-19-21-10-4-1-5-11-21)16-24(25)23-14-8-3-9-15-23/h1-17,26,30H,18-20,29H2. The minimum absolute atomic E-state index is 0.113. The Labute approximate surface area is 188 Å². The summed E-state index contributed by atoms with van der Waals surface area (Å²) in [5.41, 5.74) is 10.5. The first kappa shape index (κ1) is 21.6. The van der Waals surface area contributed by atoms with Gasteiger partial charge in [0.05, 0.1) is 6.10 Å². The van der Waals surface area contributed by atoms with Gasteiger partial charge >= 0.3 is 0 Å². The van der Waals surface area contributed by atoms with E-state index < -0.39 is 6.10 Å². The van der Waals surface area contributed by atoms with Crippen molar-refractivity contribution >= 4 is 0 Å². The highest BCUT2D eigenvalue weighted by atomic mass is 16.5. The Morgan fingerprint density at radius 1 is 0.656 bits per heavy atom. The zero-order valence-electron chi connectivity index (χ0n) is 17.9. The SMILES string of the molecule is NCC(O)c1cc(OCc2ccccc2)c(OCc2ccccc2)cc1-c1ccccc1. The van der Waals surface area contributed by atoms with Crippen molar-refractivity contribution in [2.24, 2.45) is 5.73 Å². The van der Waals surface area contributed by atoms with Crippen LogP contribution in [0.4, 0.5) is 0 Å². The molecule has 0 spiro atoms. The van der Waals surface area contributed by atoms with Crippen LogP contribution >= 0.6 is 0 Å². The molecule has 4 rings (SSSR count). The smallest absolute Gasteiger partial charge is 0.162 e. The van der Waals surface area contributed by atoms with E-state index in [1.165, 1.54) is 0 Å². The first-order valence-corrected chi connectivity index (χ1v) is 10.7. The summed E-state index contributed by atoms with van der Waals surface area (Å²) in [5, 5.41) is 10.7. The summed E-state index contributed by atoms with van der Waals surface area (Å²) in [5.74, 6) is 1.20. The summed E-state index contributed by atoms with van der Waals surface area (Å²) in [7, 11) is 0. The zero-order valence-corrected chi connectivity index (χ0v) is 17.9. The fraction of sp³-hybridized carbons (Fsp3) is 0.143. The van der Waals surface area contributed by atoms with Crippen LogP contribution in [0.3, 0.4) is 0 Å². The monoisotopic (exact) mass is 425 g/mol. The molecular formula is C28H27NO3. The summed E-state index contributed by atoms with van der Waals surface area (Å²) < 4.78 is 12.4. The molecule has 4 nitrogen and oxygen atoms in total. The summed E-state index contributed by atoms with van der Waals surface area (Å²) in [6.45, 7) is 0.920. The number of benzene rings is 4. The highest BCUT2D eigenvalue weighted by Crippen LogP contribution is 2.39. The molecular weight excluding hydrogens is 398 g/mol. The lowest BCUT2D eigenvalue weighted by atomic mass is 9.95. The van der Waals surface area contributed by atoms with Crippen LogP contribution in [0.2, 0.25) is 0 Å². The predicted octanol–water partition coefficient (Wildman–Crippen LogP) is 5.50. The van der Waals surface area contributed by atoms with Crippen molar-refractivity contribution in [3.63, 3.8) is 0 Å². The Morgan fingerprint density at radius 3 is 1.62 bits per heavy atom. The molecule has 162 valence electrons. The van der Waals surface area contributed by atoms with E-state index in [0.717, 1.165) is 22.3 Å². The Hall–Kier alpha value is -3.60. The highest BCUT2D eigenvalue weighted by molar-refractivity contribution is 5.72. The van der Waals surface area contributed by atoms with Crippen molar-refractivity contribution in [3.8, 4) is 22.6 Å². The summed E-state index contributed by atoms with van der Waals surface area (Å²) >= 11 is 0. The molecule has 4 aromatic rings. The van der Waals surface area contributed by atoms with Crippen molar-refractivity contribution in [3.05, 3.63) is 120 Å². The second kappa shape index (κ2) is 10.6. The molecule has 0 amide bonds. The highest BCUT2D eigenvalue weighted by Gasteiger charge is 2.19. The van der Waals surface area contributed by atoms with Gasteiger partial charge in [0.2, 0.25) is 0 Å². The second-order valence-corrected chi connectivity index (χ2v) is 7.55. The Balaban J connectivity index is 1.72. The largest absolute Gasteiger partial charge is 0.485 e. The van der Waals surface area contributed by atoms with Crippen LogP contribution in [0.25, 0.3) is 11.1 Å². The van der Waals surface area contributed by atoms with Gasteiger partial charge in [0.1, 0.15) is 13.2 Å². The first-order valence-electron chi connectivity index (χ1n) is 10.7. The molecule has 1 atom stereocenters. The summed E-state index contributed by atoms with van der Waals surface area (Å²) in [4.78, 5) is 0. The van der Waals surface area contributed by atoms with Gasteiger partial charge in [-0.2, -0.15) is 0 Å². The van der Waals surface area contributed by atoms with E-state index in [1.54, 1.807) is 0 Å². The zero-order chi connectivity index (χ0) is 22.2. The number of aliphatic hydroxyl groups is 1. The molecule has 0 saturated heterocycles. The Kier molecular flexibility index (Phi) is 7.18. The molecule has 3 N–H and O–H groups in total. The number of hydrogen-bond acceptors (Lipinski definition) is 4. The lowest BCUT2D eigenvalue weighted by molar-refractivity contribution is 0.186. The number of hydrogen-bond donors (Lipinski definition) is 2. The quantitative estimate of drug-likeness (QED) is 0.371. The van der Waals surface area contributed by atoms with Crippen molar-refractivity contribution in [2.75, 3.05) is 6.54 Å². The van der Waals surface area contributed by atoms with Gasteiger partial charge < -0.3 is 20.3 Å². The summed E-state index contributed by atoms with van der Waals surface area (Å²) in [6.07, 6.45) is -0.813. The number of ether oxygens (including phenoxy) is 2. The van der Waals surface area contributed by atoms with E-state index in [2.05, 4.69) is 0 Å². The Morgan fingerprint density at radius 2 is 1.12 bits per heavy atom. The number of rotatable bonds is 9. The third kappa shape index (κ3) is 5.35. The van der Waals surface area contributed by atoms with Crippen molar-refractivity contribution in [2.45, 2.75) is 19.3 Å². The van der Waals surface area contributed by atoms with Gasteiger partial charge in [0, 0.05) is 6.54 Å². The van der Waals surface area contributed by atoms with Gasteiger partial charge in [-0.3, -0.25) is 0 Å². The topological polar surface area (TPSA) is 64.7 Å². The maximum absolute atomic E-state index is 10.7. The van der Waals surface area contributed by atoms with Gasteiger partial charge in [0.15, 0.2) is 11.5 Å². The van der Waals surface area contributed by atoms with Crippen LogP contribution in [0, 0.1) is 0 Å². The molecule has 1 unspecified atom stereocenters. The lowest BCUT2D eigenvalue weighted by Gasteiger charge is -2.20. The summed E-state index contributed by atoms with van der Waals surface area (Å²) in [6, 6.07) is 33.7. The maximum atomic E-state index is 10.7. The van der Waals surface area contributed by atoms with Crippen molar-refractivity contribution in [1.82, 2.24) is 0 Å². The number of aliphatic hydroxyl groups excluding tert-OH is 1. The third-order valence-corrected chi connectivity index (χ3v) is 5.26. The average molecular weight is 426 g/mol. The normalized spacial score (nSPS) is 11.7. The van der Waals surface area contributed by atoms with E-state index in [-0.39, 0.29) is 6.54 Å². The van der Waals surface area contributed by atoms with Crippen LogP contribution < -0.4 is 15.2 Å². The van der Waals surface area contributed by atoms with Gasteiger partial charge in [-0.1, -0.05) is 91.0 Å². The number of nitrogens with two attached hydrogens (primary N) is 1. The van der Waals surface area contributed by atoms with Crippen LogP contribution in [-0.2, 0) is 13.2 Å². The first-order chi connectivity index (χ1) is 15.7. The molecule has 0 aliphatic rings. The molecule has 0 fully saturated rings. The molecule has 4 aromatic carbocycles. The fourth-order valence-corrected chi connectivity index (χ4v) is 3.54. The van der Waals surface area contributed by atoms with E-state index in [0.29, 0.717) is 30.3 Å². The third-order valence-electron chi connectivity index (χ3n) is 5.26. The second-order valence-electron chi connectivity index (χ2n) is 7.55. The lowest BCUT2D eigenvalue weighted by Crippen LogP contribution is -2.13.